The molecule has 49 heavy (non-hydrogen) atoms. The van der Waals surface area contributed by atoms with Crippen LogP contribution in [0.25, 0.3) is 5.69 Å². The van der Waals surface area contributed by atoms with E-state index in [9.17, 15) is 24.0 Å². The van der Waals surface area contributed by atoms with Gasteiger partial charge < -0.3 is 38.8 Å². The number of hydrogen-bond acceptors (Lipinski definition) is 11. The quantitative estimate of drug-likeness (QED) is 0.243. The Bertz CT molecular complexity index is 1500. The van der Waals surface area contributed by atoms with E-state index in [1.807, 2.05) is 0 Å². The number of rotatable bonds is 13. The van der Waals surface area contributed by atoms with Crippen molar-refractivity contribution in [3.05, 3.63) is 36.0 Å². The molecule has 1 aliphatic heterocycles. The van der Waals surface area contributed by atoms with Crippen molar-refractivity contribution >= 4 is 29.8 Å². The largest absolute Gasteiger partial charge is 0.497 e. The zero-order valence-corrected chi connectivity index (χ0v) is 29.1. The third kappa shape index (κ3) is 9.42. The van der Waals surface area contributed by atoms with Gasteiger partial charge in [-0.2, -0.15) is 5.10 Å². The zero-order chi connectivity index (χ0) is 35.8. The van der Waals surface area contributed by atoms with Crippen LogP contribution in [0.4, 0.5) is 4.79 Å². The Kier molecular flexibility index (Phi) is 12.1. The van der Waals surface area contributed by atoms with Crippen LogP contribution in [0.2, 0.25) is 0 Å². The topological polar surface area (TPSA) is 168 Å². The fraction of sp³-hybridized carbons (Fsp3) is 0.588. The fourth-order valence-electron chi connectivity index (χ4n) is 5.47. The summed E-state index contributed by atoms with van der Waals surface area (Å²) in [7, 11) is 1.52. The molecule has 0 radical (unpaired) electrons. The molecule has 1 saturated heterocycles. The van der Waals surface area contributed by atoms with Gasteiger partial charge in [-0.1, -0.05) is 6.07 Å². The summed E-state index contributed by atoms with van der Waals surface area (Å²) >= 11 is 0. The lowest BCUT2D eigenvalue weighted by molar-refractivity contribution is -0.170. The summed E-state index contributed by atoms with van der Waals surface area (Å²) in [5, 5.41) is 7.28. The molecule has 268 valence electrons. The molecule has 0 spiro atoms. The van der Waals surface area contributed by atoms with E-state index in [-0.39, 0.29) is 63.8 Å². The Morgan fingerprint density at radius 1 is 0.959 bits per heavy atom. The smallest absolute Gasteiger partial charge is 0.409 e. The number of carbonyl (C=O) groups excluding carboxylic acids is 5. The predicted octanol–water partition coefficient (Wildman–Crippen LogP) is 3.27. The summed E-state index contributed by atoms with van der Waals surface area (Å²) in [6.45, 7) is 10.0. The van der Waals surface area contributed by atoms with Crippen LogP contribution in [0.1, 0.15) is 77.2 Å². The summed E-state index contributed by atoms with van der Waals surface area (Å²) in [6, 6.07) is 7.23. The molecule has 2 aromatic rings. The van der Waals surface area contributed by atoms with Gasteiger partial charge >= 0.3 is 18.0 Å². The van der Waals surface area contributed by atoms with Crippen LogP contribution < -0.4 is 14.8 Å². The standard InChI is InChI=1S/C34H47N5O10/c1-7-46-31(43)34(15-10-16-34)48-27-22-26(36-39(27)23-11-9-12-24(21-23)45-6)29(41)35-25(13-14-28(40)49-33(3,4)5)30(42)37-17-19-38(20-18-37)32(44)47-8-2/h9,11-12,21-22,25H,7-8,10,13-20H2,1-6H3,(H,35,41). The molecule has 1 unspecified atom stereocenters. The van der Waals surface area contributed by atoms with E-state index in [4.69, 9.17) is 23.7 Å². The second-order valence-corrected chi connectivity index (χ2v) is 12.8. The molecule has 1 atom stereocenters. The number of aromatic nitrogens is 2. The van der Waals surface area contributed by atoms with Gasteiger partial charge in [-0.15, -0.1) is 0 Å². The average molecular weight is 686 g/mol. The Morgan fingerprint density at radius 2 is 1.63 bits per heavy atom. The highest BCUT2D eigenvalue weighted by molar-refractivity contribution is 5.96. The van der Waals surface area contributed by atoms with Crippen LogP contribution in [0.5, 0.6) is 11.6 Å². The molecule has 4 rings (SSSR count). The second-order valence-electron chi connectivity index (χ2n) is 12.8. The number of carbonyl (C=O) groups is 5. The van der Waals surface area contributed by atoms with Crippen LogP contribution in [0, 0.1) is 0 Å². The van der Waals surface area contributed by atoms with E-state index in [2.05, 4.69) is 10.4 Å². The molecule has 1 aromatic heterocycles. The van der Waals surface area contributed by atoms with Gasteiger partial charge in [0.1, 0.15) is 17.4 Å². The SMILES string of the molecule is CCOC(=O)N1CCN(C(=O)C(CCC(=O)OC(C)(C)C)NC(=O)c2cc(OC3(C(=O)OCC)CCC3)n(-c3cccc(OC)c3)n2)CC1. The molecule has 1 aliphatic carbocycles. The molecular formula is C34H47N5O10. The van der Waals surface area contributed by atoms with Gasteiger partial charge in [0.05, 0.1) is 26.0 Å². The molecule has 1 N–H and O–H groups in total. The Labute approximate surface area is 286 Å². The van der Waals surface area contributed by atoms with Crippen molar-refractivity contribution in [1.29, 1.82) is 0 Å². The number of piperazine rings is 1. The molecular weight excluding hydrogens is 638 g/mol. The van der Waals surface area contributed by atoms with Gasteiger partial charge in [-0.25, -0.2) is 14.3 Å². The first-order valence-corrected chi connectivity index (χ1v) is 16.6. The predicted molar refractivity (Wildman–Crippen MR) is 175 cm³/mol. The summed E-state index contributed by atoms with van der Waals surface area (Å²) < 4.78 is 28.9. The normalized spacial score (nSPS) is 16.1. The maximum Gasteiger partial charge on any atom is 0.409 e. The van der Waals surface area contributed by atoms with Crippen molar-refractivity contribution < 1.29 is 47.7 Å². The first-order chi connectivity index (χ1) is 23.3. The molecule has 15 heteroatoms. The number of amides is 3. The highest BCUT2D eigenvalue weighted by Gasteiger charge is 2.49. The lowest BCUT2D eigenvalue weighted by Gasteiger charge is -2.38. The lowest BCUT2D eigenvalue weighted by Crippen LogP contribution is -2.56. The van der Waals surface area contributed by atoms with Crippen molar-refractivity contribution in [2.24, 2.45) is 0 Å². The minimum atomic E-state index is -1.22. The maximum atomic E-state index is 13.8. The summed E-state index contributed by atoms with van der Waals surface area (Å²) in [5.74, 6) is -1.48. The van der Waals surface area contributed by atoms with Crippen molar-refractivity contribution in [3.8, 4) is 17.3 Å². The van der Waals surface area contributed by atoms with Crippen LogP contribution in [-0.2, 0) is 28.6 Å². The van der Waals surface area contributed by atoms with E-state index in [1.54, 1.807) is 63.8 Å². The number of esters is 2. The maximum absolute atomic E-state index is 13.8. The zero-order valence-electron chi connectivity index (χ0n) is 29.1. The molecule has 2 fully saturated rings. The summed E-state index contributed by atoms with van der Waals surface area (Å²) in [6.07, 6.45) is 0.993. The van der Waals surface area contributed by atoms with Gasteiger partial charge in [0.15, 0.2) is 5.69 Å². The lowest BCUT2D eigenvalue weighted by atomic mass is 9.80. The second kappa shape index (κ2) is 16.1. The van der Waals surface area contributed by atoms with Crippen molar-refractivity contribution in [2.45, 2.75) is 84.0 Å². The highest BCUT2D eigenvalue weighted by Crippen LogP contribution is 2.39. The van der Waals surface area contributed by atoms with Crippen LogP contribution >= 0.6 is 0 Å². The highest BCUT2D eigenvalue weighted by atomic mass is 16.6. The Morgan fingerprint density at radius 3 is 2.22 bits per heavy atom. The number of nitrogens with zero attached hydrogens (tertiary/aromatic N) is 4. The van der Waals surface area contributed by atoms with Crippen molar-refractivity contribution in [1.82, 2.24) is 24.9 Å². The third-order valence-electron chi connectivity index (χ3n) is 8.09. The molecule has 1 saturated carbocycles. The van der Waals surface area contributed by atoms with Gasteiger partial charge in [-0.3, -0.25) is 14.4 Å². The molecule has 1 aromatic carbocycles. The molecule has 0 bridgehead atoms. The van der Waals surface area contributed by atoms with E-state index in [0.717, 1.165) is 6.42 Å². The van der Waals surface area contributed by atoms with Gasteiger partial charge in [0.2, 0.25) is 17.4 Å². The van der Waals surface area contributed by atoms with E-state index in [1.165, 1.54) is 22.8 Å². The van der Waals surface area contributed by atoms with Gasteiger partial charge in [0.25, 0.3) is 5.91 Å². The molecule has 2 heterocycles. The van der Waals surface area contributed by atoms with Gasteiger partial charge in [0, 0.05) is 44.7 Å². The Balaban J connectivity index is 1.60. The van der Waals surface area contributed by atoms with Crippen LogP contribution in [-0.4, -0.2) is 113 Å². The summed E-state index contributed by atoms with van der Waals surface area (Å²) in [5.41, 5.74) is -1.53. The van der Waals surface area contributed by atoms with E-state index >= 15 is 0 Å². The van der Waals surface area contributed by atoms with E-state index in [0.29, 0.717) is 24.3 Å². The number of benzene rings is 1. The third-order valence-corrected chi connectivity index (χ3v) is 8.09. The van der Waals surface area contributed by atoms with E-state index < -0.39 is 47.1 Å². The minimum absolute atomic E-state index is 0.0382. The number of methoxy groups -OCH3 is 1. The molecule has 15 nitrogen and oxygen atoms in total. The molecule has 3 amide bonds. The number of hydrogen-bond donors (Lipinski definition) is 1. The van der Waals surface area contributed by atoms with Crippen molar-refractivity contribution in [2.75, 3.05) is 46.5 Å². The Hall–Kier alpha value is -4.82. The van der Waals surface area contributed by atoms with Crippen molar-refractivity contribution in [3.63, 3.8) is 0 Å². The monoisotopic (exact) mass is 685 g/mol. The van der Waals surface area contributed by atoms with Crippen LogP contribution in [0.3, 0.4) is 0 Å². The number of nitrogens with one attached hydrogen (secondary N) is 1. The van der Waals surface area contributed by atoms with Gasteiger partial charge in [-0.05, 0) is 72.4 Å². The first-order valence-electron chi connectivity index (χ1n) is 16.6. The summed E-state index contributed by atoms with van der Waals surface area (Å²) in [4.78, 5) is 68.4. The first kappa shape index (κ1) is 37.0. The van der Waals surface area contributed by atoms with Crippen LogP contribution in [0.15, 0.2) is 30.3 Å². The average Bonchev–Trinajstić information content (AvgIpc) is 3.47. The fourth-order valence-corrected chi connectivity index (χ4v) is 5.47. The minimum Gasteiger partial charge on any atom is -0.497 e. The number of ether oxygens (including phenoxy) is 5. The molecule has 2 aliphatic rings.